The first-order valence-electron chi connectivity index (χ1n) is 6.49. The van der Waals surface area contributed by atoms with Crippen LogP contribution < -0.4 is 5.32 Å². The molecule has 0 fully saturated rings. The number of nitrogens with one attached hydrogen (secondary N) is 1. The number of benzene rings is 1. The Hall–Kier alpha value is -2.80. The molecule has 0 aliphatic carbocycles. The number of aromatic nitrogens is 2. The van der Waals surface area contributed by atoms with E-state index in [0.717, 1.165) is 6.08 Å². The Morgan fingerprint density at radius 3 is 2.65 bits per heavy atom. The van der Waals surface area contributed by atoms with Crippen LogP contribution in [0.1, 0.15) is 0 Å². The molecule has 1 aromatic carbocycles. The van der Waals surface area contributed by atoms with Crippen molar-refractivity contribution in [3.05, 3.63) is 53.5 Å². The van der Waals surface area contributed by atoms with E-state index in [9.17, 15) is 9.59 Å². The van der Waals surface area contributed by atoms with Crippen LogP contribution in [0.3, 0.4) is 0 Å². The van der Waals surface area contributed by atoms with Crippen molar-refractivity contribution in [3.8, 4) is 5.69 Å². The third-order valence-corrected chi connectivity index (χ3v) is 3.15. The van der Waals surface area contributed by atoms with E-state index < -0.39 is 11.9 Å². The van der Waals surface area contributed by atoms with E-state index in [4.69, 9.17) is 11.6 Å². The van der Waals surface area contributed by atoms with Crippen molar-refractivity contribution in [2.24, 2.45) is 0 Å². The number of rotatable bonds is 5. The lowest BCUT2D eigenvalue weighted by Crippen LogP contribution is -2.15. The molecule has 7 nitrogen and oxygen atoms in total. The zero-order chi connectivity index (χ0) is 16.8. The van der Waals surface area contributed by atoms with E-state index in [0.29, 0.717) is 16.4 Å². The lowest BCUT2D eigenvalue weighted by atomic mass is 10.2. The molecule has 0 amide bonds. The summed E-state index contributed by atoms with van der Waals surface area (Å²) in [7, 11) is 2.42. The van der Waals surface area contributed by atoms with Crippen molar-refractivity contribution in [1.29, 1.82) is 0 Å². The molecule has 1 aromatic heterocycles. The Bertz CT molecular complexity index is 741. The van der Waals surface area contributed by atoms with Gasteiger partial charge in [0, 0.05) is 18.1 Å². The van der Waals surface area contributed by atoms with Crippen LogP contribution in [0.4, 0.5) is 5.69 Å². The molecule has 23 heavy (non-hydrogen) atoms. The molecule has 8 heteroatoms. The second kappa shape index (κ2) is 7.46. The van der Waals surface area contributed by atoms with Crippen molar-refractivity contribution in [1.82, 2.24) is 9.78 Å². The highest BCUT2D eigenvalue weighted by atomic mass is 35.5. The summed E-state index contributed by atoms with van der Waals surface area (Å²) in [4.78, 5) is 23.0. The van der Waals surface area contributed by atoms with Crippen LogP contribution in [0.2, 0.25) is 5.02 Å². The largest absolute Gasteiger partial charge is 0.466 e. The first-order chi connectivity index (χ1) is 11.0. The second-order valence-electron chi connectivity index (χ2n) is 4.31. The summed E-state index contributed by atoms with van der Waals surface area (Å²) < 4.78 is 10.7. The van der Waals surface area contributed by atoms with Crippen LogP contribution in [0.15, 0.2) is 48.4 Å². The maximum atomic E-state index is 11.7. The van der Waals surface area contributed by atoms with E-state index in [1.165, 1.54) is 14.2 Å². The average Bonchev–Trinajstić information content (AvgIpc) is 3.07. The van der Waals surface area contributed by atoms with Crippen molar-refractivity contribution in [3.63, 3.8) is 0 Å². The highest BCUT2D eigenvalue weighted by Gasteiger charge is 2.13. The number of carbonyl (C=O) groups excluding carboxylic acids is 2. The third-order valence-electron chi connectivity index (χ3n) is 2.85. The van der Waals surface area contributed by atoms with Crippen LogP contribution >= 0.6 is 11.6 Å². The summed E-state index contributed by atoms with van der Waals surface area (Å²) in [5.74, 6) is -1.39. The molecular weight excluding hydrogens is 322 g/mol. The predicted molar refractivity (Wildman–Crippen MR) is 84.3 cm³/mol. The van der Waals surface area contributed by atoms with Gasteiger partial charge >= 0.3 is 11.9 Å². The first-order valence-corrected chi connectivity index (χ1v) is 6.87. The number of esters is 2. The molecule has 120 valence electrons. The molecule has 2 aromatic rings. The molecule has 0 aliphatic rings. The summed E-state index contributed by atoms with van der Waals surface area (Å²) in [6.07, 6.45) is 4.39. The molecule has 0 radical (unpaired) electrons. The number of hydrogen-bond donors (Lipinski definition) is 1. The van der Waals surface area contributed by atoms with Gasteiger partial charge in [0.05, 0.1) is 31.0 Å². The normalized spacial score (nSPS) is 11.0. The smallest absolute Gasteiger partial charge is 0.354 e. The van der Waals surface area contributed by atoms with E-state index in [1.807, 2.05) is 0 Å². The van der Waals surface area contributed by atoms with E-state index in [1.54, 1.807) is 41.3 Å². The van der Waals surface area contributed by atoms with Gasteiger partial charge in [0.1, 0.15) is 5.70 Å². The molecule has 0 aliphatic heterocycles. The number of methoxy groups -OCH3 is 2. The summed E-state index contributed by atoms with van der Waals surface area (Å²) in [5.41, 5.74) is 1.12. The monoisotopic (exact) mass is 335 g/mol. The lowest BCUT2D eigenvalue weighted by Gasteiger charge is -2.11. The summed E-state index contributed by atoms with van der Waals surface area (Å²) in [6.45, 7) is 0. The van der Waals surface area contributed by atoms with Crippen LogP contribution in [-0.4, -0.2) is 35.9 Å². The fourth-order valence-electron chi connectivity index (χ4n) is 1.77. The number of ether oxygens (including phenoxy) is 2. The molecule has 0 saturated carbocycles. The van der Waals surface area contributed by atoms with Gasteiger partial charge in [-0.25, -0.2) is 14.3 Å². The van der Waals surface area contributed by atoms with Gasteiger partial charge in [0.2, 0.25) is 0 Å². The van der Waals surface area contributed by atoms with Gasteiger partial charge in [-0.15, -0.1) is 0 Å². The van der Waals surface area contributed by atoms with Gasteiger partial charge in [-0.3, -0.25) is 0 Å². The van der Waals surface area contributed by atoms with Crippen LogP contribution in [0.5, 0.6) is 0 Å². The summed E-state index contributed by atoms with van der Waals surface area (Å²) in [5, 5.41) is 7.29. The van der Waals surface area contributed by atoms with Gasteiger partial charge < -0.3 is 14.8 Å². The van der Waals surface area contributed by atoms with Gasteiger partial charge in [-0.05, 0) is 24.3 Å². The highest BCUT2D eigenvalue weighted by Crippen LogP contribution is 2.24. The molecule has 2 rings (SSSR count). The number of nitrogens with zero attached hydrogens (tertiary/aromatic N) is 2. The summed E-state index contributed by atoms with van der Waals surface area (Å²) in [6, 6.07) is 6.80. The fourth-order valence-corrected chi connectivity index (χ4v) is 2.04. The van der Waals surface area contributed by atoms with Crippen molar-refractivity contribution in [2.45, 2.75) is 0 Å². The first kappa shape index (κ1) is 16.6. The molecule has 0 atom stereocenters. The minimum Gasteiger partial charge on any atom is -0.466 e. The number of hydrogen-bond acceptors (Lipinski definition) is 6. The maximum Gasteiger partial charge on any atom is 0.354 e. The van der Waals surface area contributed by atoms with Crippen molar-refractivity contribution >= 4 is 29.2 Å². The lowest BCUT2D eigenvalue weighted by molar-refractivity contribution is -0.138. The summed E-state index contributed by atoms with van der Waals surface area (Å²) >= 11 is 6.22. The topological polar surface area (TPSA) is 82.5 Å². The SMILES string of the molecule is COC(=O)/C=C(/Nc1ccc(-n2cccn2)c(Cl)c1)C(=O)OC. The fraction of sp³-hybridized carbons (Fsp3) is 0.133. The molecule has 1 N–H and O–H groups in total. The Labute approximate surface area is 137 Å². The Morgan fingerprint density at radius 2 is 2.09 bits per heavy atom. The zero-order valence-corrected chi connectivity index (χ0v) is 13.2. The standard InChI is InChI=1S/C15H14ClN3O4/c1-22-14(20)9-12(15(21)23-2)18-10-4-5-13(11(16)8-10)19-7-3-6-17-19/h3-9,18H,1-2H3/b12-9+. The van der Waals surface area contributed by atoms with Gasteiger partial charge in [0.15, 0.2) is 0 Å². The molecule has 0 spiro atoms. The molecule has 0 bridgehead atoms. The Kier molecular flexibility index (Phi) is 5.37. The molecule has 0 unspecified atom stereocenters. The molecular formula is C15H14ClN3O4. The highest BCUT2D eigenvalue weighted by molar-refractivity contribution is 6.32. The average molecular weight is 336 g/mol. The van der Waals surface area contributed by atoms with Crippen LogP contribution in [0, 0.1) is 0 Å². The van der Waals surface area contributed by atoms with Gasteiger partial charge in [-0.1, -0.05) is 11.6 Å². The number of halogens is 1. The van der Waals surface area contributed by atoms with Crippen molar-refractivity contribution in [2.75, 3.05) is 19.5 Å². The quantitative estimate of drug-likeness (QED) is 0.666. The van der Waals surface area contributed by atoms with Gasteiger partial charge in [-0.2, -0.15) is 5.10 Å². The van der Waals surface area contributed by atoms with Crippen molar-refractivity contribution < 1.29 is 19.1 Å². The maximum absolute atomic E-state index is 11.7. The van der Waals surface area contributed by atoms with E-state index >= 15 is 0 Å². The Balaban J connectivity index is 2.27. The zero-order valence-electron chi connectivity index (χ0n) is 12.4. The predicted octanol–water partition coefficient (Wildman–Crippen LogP) is 2.17. The number of anilines is 1. The molecule has 0 saturated heterocycles. The number of carbonyl (C=O) groups is 2. The van der Waals surface area contributed by atoms with Gasteiger partial charge in [0.25, 0.3) is 0 Å². The Morgan fingerprint density at radius 1 is 1.30 bits per heavy atom. The van der Waals surface area contributed by atoms with E-state index in [-0.39, 0.29) is 5.70 Å². The molecule has 1 heterocycles. The minimum atomic E-state index is -0.706. The minimum absolute atomic E-state index is 0.0674. The van der Waals surface area contributed by atoms with Crippen LogP contribution in [-0.2, 0) is 19.1 Å². The third kappa shape index (κ3) is 4.10. The van der Waals surface area contributed by atoms with Crippen LogP contribution in [0.25, 0.3) is 5.69 Å². The van der Waals surface area contributed by atoms with E-state index in [2.05, 4.69) is 19.9 Å². The second-order valence-corrected chi connectivity index (χ2v) is 4.72.